The van der Waals surface area contributed by atoms with Crippen LogP contribution in [0.15, 0.2) is 54.1 Å². The summed E-state index contributed by atoms with van der Waals surface area (Å²) in [4.78, 5) is 0. The molecule has 0 atom stereocenters. The smallest absolute Gasteiger partial charge is 0.0135 e. The van der Waals surface area contributed by atoms with E-state index >= 15 is 0 Å². The van der Waals surface area contributed by atoms with Crippen LogP contribution in [0.4, 0.5) is 0 Å². The van der Waals surface area contributed by atoms with Crippen molar-refractivity contribution in [1.82, 2.24) is 0 Å². The van der Waals surface area contributed by atoms with Gasteiger partial charge in [0.15, 0.2) is 0 Å². The van der Waals surface area contributed by atoms with E-state index < -0.39 is 0 Å². The summed E-state index contributed by atoms with van der Waals surface area (Å²) in [5.74, 6) is 0. The van der Waals surface area contributed by atoms with Gasteiger partial charge in [0.05, 0.1) is 0 Å². The van der Waals surface area contributed by atoms with Gasteiger partial charge in [0, 0.05) is 0 Å². The van der Waals surface area contributed by atoms with Gasteiger partial charge in [-0.3, -0.25) is 0 Å². The van der Waals surface area contributed by atoms with Gasteiger partial charge in [-0.25, -0.2) is 0 Å². The van der Waals surface area contributed by atoms with Crippen LogP contribution in [0.2, 0.25) is 0 Å². The molecule has 0 aromatic heterocycles. The number of benzene rings is 1. The summed E-state index contributed by atoms with van der Waals surface area (Å²) in [5.41, 5.74) is 5.41. The van der Waals surface area contributed by atoms with Gasteiger partial charge < -0.3 is 0 Å². The monoisotopic (exact) mass is 196 g/mol. The van der Waals surface area contributed by atoms with E-state index in [4.69, 9.17) is 0 Å². The molecule has 76 valence electrons. The van der Waals surface area contributed by atoms with Gasteiger partial charge in [-0.1, -0.05) is 54.1 Å². The first-order valence-corrected chi connectivity index (χ1v) is 5.37. The van der Waals surface area contributed by atoms with Crippen molar-refractivity contribution in [3.8, 4) is 0 Å². The lowest BCUT2D eigenvalue weighted by Gasteiger charge is -2.06. The molecule has 0 aliphatic heterocycles. The van der Waals surface area contributed by atoms with E-state index in [1.165, 1.54) is 22.3 Å². The highest BCUT2D eigenvalue weighted by Crippen LogP contribution is 2.23. The van der Waals surface area contributed by atoms with E-state index in [0.717, 1.165) is 6.42 Å². The van der Waals surface area contributed by atoms with Crippen LogP contribution in [0, 0.1) is 6.92 Å². The Hall–Kier alpha value is -1.56. The van der Waals surface area contributed by atoms with Crippen LogP contribution in [0.3, 0.4) is 0 Å². The highest BCUT2D eigenvalue weighted by atomic mass is 14.1. The summed E-state index contributed by atoms with van der Waals surface area (Å²) in [6.45, 7) is 4.34. The van der Waals surface area contributed by atoms with Crippen LogP contribution in [-0.4, -0.2) is 0 Å². The van der Waals surface area contributed by atoms with Crippen molar-refractivity contribution in [2.24, 2.45) is 0 Å². The maximum atomic E-state index is 2.28. The number of allylic oxidation sites excluding steroid dienone is 6. The molecule has 0 fully saturated rings. The molecule has 1 aliphatic carbocycles. The van der Waals surface area contributed by atoms with Crippen molar-refractivity contribution in [2.75, 3.05) is 0 Å². The Morgan fingerprint density at radius 3 is 2.67 bits per heavy atom. The zero-order chi connectivity index (χ0) is 10.7. The number of aryl methyl sites for hydroxylation is 1. The molecule has 0 bridgehead atoms. The van der Waals surface area contributed by atoms with E-state index in [2.05, 4.69) is 62.4 Å². The van der Waals surface area contributed by atoms with E-state index in [1.807, 2.05) is 0 Å². The fourth-order valence-electron chi connectivity index (χ4n) is 1.86. The third kappa shape index (κ3) is 2.27. The lowest BCUT2D eigenvalue weighted by molar-refractivity contribution is 1.22. The van der Waals surface area contributed by atoms with Gasteiger partial charge in [0.1, 0.15) is 0 Å². The Kier molecular flexibility index (Phi) is 2.86. The standard InChI is InChI=1S/C15H16/c1-12-7-3-5-9-14(11-12)15-10-6-4-8-13(15)2/h3-6,8-11H,7H2,1-2H3. The SMILES string of the molecule is CC1=CC(c2ccccc2C)=CC=CC1. The molecule has 2 rings (SSSR count). The maximum Gasteiger partial charge on any atom is -0.0135 e. The van der Waals surface area contributed by atoms with Crippen molar-refractivity contribution in [3.63, 3.8) is 0 Å². The van der Waals surface area contributed by atoms with Gasteiger partial charge in [0.25, 0.3) is 0 Å². The average molecular weight is 196 g/mol. The Labute approximate surface area is 91.6 Å². The van der Waals surface area contributed by atoms with Crippen molar-refractivity contribution in [1.29, 1.82) is 0 Å². The van der Waals surface area contributed by atoms with E-state index in [9.17, 15) is 0 Å². The van der Waals surface area contributed by atoms with E-state index in [1.54, 1.807) is 0 Å². The van der Waals surface area contributed by atoms with E-state index in [0.29, 0.717) is 0 Å². The lowest BCUT2D eigenvalue weighted by Crippen LogP contribution is -1.86. The molecule has 0 heteroatoms. The van der Waals surface area contributed by atoms with Crippen molar-refractivity contribution >= 4 is 5.57 Å². The molecular weight excluding hydrogens is 180 g/mol. The first-order valence-electron chi connectivity index (χ1n) is 5.37. The minimum Gasteiger partial charge on any atom is -0.0804 e. The first kappa shape index (κ1) is 9.97. The largest absolute Gasteiger partial charge is 0.0804 e. The van der Waals surface area contributed by atoms with Crippen LogP contribution in [-0.2, 0) is 0 Å². The summed E-state index contributed by atoms with van der Waals surface area (Å²) >= 11 is 0. The Morgan fingerprint density at radius 2 is 1.87 bits per heavy atom. The second kappa shape index (κ2) is 4.31. The highest BCUT2D eigenvalue weighted by molar-refractivity contribution is 5.78. The quantitative estimate of drug-likeness (QED) is 0.628. The molecule has 1 aromatic rings. The van der Waals surface area contributed by atoms with Crippen LogP contribution >= 0.6 is 0 Å². The van der Waals surface area contributed by atoms with Gasteiger partial charge in [0.2, 0.25) is 0 Å². The molecule has 0 nitrogen and oxygen atoms in total. The Balaban J connectivity index is 2.47. The fraction of sp³-hybridized carbons (Fsp3) is 0.200. The van der Waals surface area contributed by atoms with Crippen LogP contribution in [0.1, 0.15) is 24.5 Å². The molecule has 0 spiro atoms. The van der Waals surface area contributed by atoms with Crippen LogP contribution in [0.5, 0.6) is 0 Å². The third-order valence-corrected chi connectivity index (χ3v) is 2.71. The Morgan fingerprint density at radius 1 is 1.07 bits per heavy atom. The summed E-state index contributed by atoms with van der Waals surface area (Å²) in [6, 6.07) is 8.53. The fourth-order valence-corrected chi connectivity index (χ4v) is 1.86. The van der Waals surface area contributed by atoms with Gasteiger partial charge >= 0.3 is 0 Å². The van der Waals surface area contributed by atoms with Crippen LogP contribution in [0.25, 0.3) is 5.57 Å². The molecule has 0 radical (unpaired) electrons. The van der Waals surface area contributed by atoms with Gasteiger partial charge in [-0.15, -0.1) is 0 Å². The van der Waals surface area contributed by atoms with Gasteiger partial charge in [-0.2, -0.15) is 0 Å². The van der Waals surface area contributed by atoms with Crippen molar-refractivity contribution in [2.45, 2.75) is 20.3 Å². The zero-order valence-electron chi connectivity index (χ0n) is 9.33. The normalized spacial score (nSPS) is 15.6. The van der Waals surface area contributed by atoms with Crippen molar-refractivity contribution < 1.29 is 0 Å². The number of hydrogen-bond acceptors (Lipinski definition) is 0. The minimum atomic E-state index is 1.06. The molecule has 0 saturated heterocycles. The second-order valence-corrected chi connectivity index (χ2v) is 4.06. The highest BCUT2D eigenvalue weighted by Gasteiger charge is 2.02. The molecule has 0 heterocycles. The first-order chi connectivity index (χ1) is 7.27. The van der Waals surface area contributed by atoms with Gasteiger partial charge in [-0.05, 0) is 37.0 Å². The third-order valence-electron chi connectivity index (χ3n) is 2.71. The summed E-state index contributed by atoms with van der Waals surface area (Å²) in [6.07, 6.45) is 9.89. The average Bonchev–Trinajstić information content (AvgIpc) is 2.43. The predicted octanol–water partition coefficient (Wildman–Crippen LogP) is 4.28. The lowest BCUT2D eigenvalue weighted by atomic mass is 9.99. The molecule has 15 heavy (non-hydrogen) atoms. The summed E-state index contributed by atoms with van der Waals surface area (Å²) in [7, 11) is 0. The topological polar surface area (TPSA) is 0 Å². The molecule has 0 unspecified atom stereocenters. The van der Waals surface area contributed by atoms with Crippen LogP contribution < -0.4 is 0 Å². The summed E-state index contributed by atoms with van der Waals surface area (Å²) in [5, 5.41) is 0. The molecule has 0 N–H and O–H groups in total. The molecule has 0 saturated carbocycles. The molecule has 1 aliphatic rings. The minimum absolute atomic E-state index is 1.06. The maximum absolute atomic E-state index is 2.28. The Bertz CT molecular complexity index is 445. The second-order valence-electron chi connectivity index (χ2n) is 4.06. The number of rotatable bonds is 1. The predicted molar refractivity (Wildman–Crippen MR) is 66.7 cm³/mol. The molecule has 0 amide bonds. The molecular formula is C15H16. The van der Waals surface area contributed by atoms with E-state index in [-0.39, 0.29) is 0 Å². The zero-order valence-corrected chi connectivity index (χ0v) is 9.33. The number of hydrogen-bond donors (Lipinski definition) is 0. The molecule has 1 aromatic carbocycles. The van der Waals surface area contributed by atoms with Crippen molar-refractivity contribution in [3.05, 3.63) is 65.3 Å². The summed E-state index contributed by atoms with van der Waals surface area (Å²) < 4.78 is 0.